The van der Waals surface area contributed by atoms with Crippen molar-refractivity contribution in [3.05, 3.63) is 21.9 Å². The first-order valence-corrected chi connectivity index (χ1v) is 7.60. The summed E-state index contributed by atoms with van der Waals surface area (Å²) in [5.41, 5.74) is 0.681. The van der Waals surface area contributed by atoms with Crippen molar-refractivity contribution in [3.63, 3.8) is 0 Å². The SMILES string of the molecule is CC(C)N(C)CCCNC(=O)c1sccc1C#CCO. The van der Waals surface area contributed by atoms with E-state index in [4.69, 9.17) is 5.11 Å². The van der Waals surface area contributed by atoms with Gasteiger partial charge in [-0.2, -0.15) is 0 Å². The molecule has 0 aliphatic carbocycles. The maximum absolute atomic E-state index is 12.0. The molecule has 0 fully saturated rings. The lowest BCUT2D eigenvalue weighted by Crippen LogP contribution is -2.31. The predicted octanol–water partition coefficient (Wildman–Crippen LogP) is 1.55. The van der Waals surface area contributed by atoms with Gasteiger partial charge in [-0.25, -0.2) is 0 Å². The second kappa shape index (κ2) is 8.75. The summed E-state index contributed by atoms with van der Waals surface area (Å²) in [6.07, 6.45) is 0.920. The molecule has 0 spiro atoms. The molecule has 5 heteroatoms. The summed E-state index contributed by atoms with van der Waals surface area (Å²) in [6, 6.07) is 2.32. The van der Waals surface area contributed by atoms with Crippen LogP contribution in [-0.2, 0) is 0 Å². The molecule has 1 rings (SSSR count). The number of nitrogens with zero attached hydrogens (tertiary/aromatic N) is 1. The number of aliphatic hydroxyl groups excluding tert-OH is 1. The quantitative estimate of drug-likeness (QED) is 0.618. The topological polar surface area (TPSA) is 52.6 Å². The van der Waals surface area contributed by atoms with E-state index < -0.39 is 0 Å². The number of aliphatic hydroxyl groups is 1. The van der Waals surface area contributed by atoms with Crippen LogP contribution in [0.15, 0.2) is 11.4 Å². The molecule has 0 aliphatic heterocycles. The fourth-order valence-electron chi connectivity index (χ4n) is 1.59. The third-order valence-corrected chi connectivity index (χ3v) is 3.94. The van der Waals surface area contributed by atoms with E-state index in [1.807, 2.05) is 5.38 Å². The summed E-state index contributed by atoms with van der Waals surface area (Å²) in [6.45, 7) is 5.71. The molecule has 0 aliphatic rings. The minimum absolute atomic E-state index is 0.0885. The number of hydrogen-bond donors (Lipinski definition) is 2. The van der Waals surface area contributed by atoms with Crippen LogP contribution in [0.2, 0.25) is 0 Å². The van der Waals surface area contributed by atoms with Crippen LogP contribution in [-0.4, -0.2) is 48.7 Å². The molecular weight excluding hydrogens is 272 g/mol. The van der Waals surface area contributed by atoms with Crippen molar-refractivity contribution < 1.29 is 9.90 Å². The van der Waals surface area contributed by atoms with Gasteiger partial charge in [0.1, 0.15) is 11.5 Å². The molecule has 1 aromatic rings. The smallest absolute Gasteiger partial charge is 0.262 e. The Morgan fingerprint density at radius 2 is 2.30 bits per heavy atom. The molecular formula is C15H22N2O2S. The molecule has 4 nitrogen and oxygen atoms in total. The summed E-state index contributed by atoms with van der Waals surface area (Å²) in [4.78, 5) is 14.9. The average Bonchev–Trinajstić information content (AvgIpc) is 2.88. The first kappa shape index (κ1) is 16.7. The van der Waals surface area contributed by atoms with E-state index in [0.29, 0.717) is 23.0 Å². The van der Waals surface area contributed by atoms with E-state index in [-0.39, 0.29) is 12.5 Å². The van der Waals surface area contributed by atoms with Crippen molar-refractivity contribution in [1.29, 1.82) is 0 Å². The Hall–Kier alpha value is -1.35. The number of nitrogens with one attached hydrogen (secondary N) is 1. The maximum atomic E-state index is 12.0. The van der Waals surface area contributed by atoms with Crippen LogP contribution in [0.3, 0.4) is 0 Å². The largest absolute Gasteiger partial charge is 0.384 e. The molecule has 0 saturated carbocycles. The van der Waals surface area contributed by atoms with E-state index >= 15 is 0 Å². The van der Waals surface area contributed by atoms with E-state index in [1.165, 1.54) is 11.3 Å². The second-order valence-electron chi connectivity index (χ2n) is 4.81. The van der Waals surface area contributed by atoms with Crippen LogP contribution in [0.25, 0.3) is 0 Å². The highest BCUT2D eigenvalue weighted by Crippen LogP contribution is 2.15. The molecule has 0 aromatic carbocycles. The van der Waals surface area contributed by atoms with Gasteiger partial charge in [-0.1, -0.05) is 11.8 Å². The van der Waals surface area contributed by atoms with Gasteiger partial charge in [0.05, 0.1) is 0 Å². The molecule has 0 bridgehead atoms. The van der Waals surface area contributed by atoms with Crippen molar-refractivity contribution in [3.8, 4) is 11.8 Å². The fraction of sp³-hybridized carbons (Fsp3) is 0.533. The fourth-order valence-corrected chi connectivity index (χ4v) is 2.35. The summed E-state index contributed by atoms with van der Waals surface area (Å²) in [5, 5.41) is 13.4. The van der Waals surface area contributed by atoms with Gasteiger partial charge in [0.2, 0.25) is 0 Å². The number of hydrogen-bond acceptors (Lipinski definition) is 4. The van der Waals surface area contributed by atoms with Crippen molar-refractivity contribution in [2.45, 2.75) is 26.3 Å². The van der Waals surface area contributed by atoms with Crippen LogP contribution in [0, 0.1) is 11.8 Å². The highest BCUT2D eigenvalue weighted by molar-refractivity contribution is 7.12. The van der Waals surface area contributed by atoms with E-state index in [0.717, 1.165) is 13.0 Å². The molecule has 1 aromatic heterocycles. The van der Waals surface area contributed by atoms with Gasteiger partial charge in [-0.05, 0) is 45.3 Å². The number of thiophene rings is 1. The van der Waals surface area contributed by atoms with E-state index in [9.17, 15) is 4.79 Å². The third-order valence-electron chi connectivity index (χ3n) is 3.03. The minimum atomic E-state index is -0.196. The number of rotatable bonds is 6. The molecule has 0 saturated heterocycles. The summed E-state index contributed by atoms with van der Waals surface area (Å²) in [7, 11) is 2.08. The first-order chi connectivity index (χ1) is 9.56. The highest BCUT2D eigenvalue weighted by Gasteiger charge is 2.11. The Bertz CT molecular complexity index is 486. The molecule has 1 amide bonds. The van der Waals surface area contributed by atoms with Crippen LogP contribution < -0.4 is 5.32 Å². The van der Waals surface area contributed by atoms with Crippen LogP contribution in [0.5, 0.6) is 0 Å². The number of carbonyl (C=O) groups is 1. The van der Waals surface area contributed by atoms with Gasteiger partial charge in [0.15, 0.2) is 0 Å². The lowest BCUT2D eigenvalue weighted by molar-refractivity contribution is 0.0955. The van der Waals surface area contributed by atoms with Gasteiger partial charge in [-0.15, -0.1) is 11.3 Å². The highest BCUT2D eigenvalue weighted by atomic mass is 32.1. The predicted molar refractivity (Wildman–Crippen MR) is 83.0 cm³/mol. The van der Waals surface area contributed by atoms with Crippen LogP contribution in [0.4, 0.5) is 0 Å². The number of amides is 1. The normalized spacial score (nSPS) is 10.5. The Balaban J connectivity index is 2.42. The molecule has 20 heavy (non-hydrogen) atoms. The van der Waals surface area contributed by atoms with E-state index in [2.05, 4.69) is 43.0 Å². The van der Waals surface area contributed by atoms with Gasteiger partial charge in [0, 0.05) is 18.2 Å². The third kappa shape index (κ3) is 5.33. The van der Waals surface area contributed by atoms with Crippen molar-refractivity contribution in [2.75, 3.05) is 26.7 Å². The van der Waals surface area contributed by atoms with E-state index in [1.54, 1.807) is 6.07 Å². The molecule has 2 N–H and O–H groups in total. The molecule has 1 heterocycles. The lowest BCUT2D eigenvalue weighted by Gasteiger charge is -2.20. The lowest BCUT2D eigenvalue weighted by atomic mass is 10.2. The van der Waals surface area contributed by atoms with Gasteiger partial charge >= 0.3 is 0 Å². The zero-order valence-electron chi connectivity index (χ0n) is 12.3. The monoisotopic (exact) mass is 294 g/mol. The summed E-state index contributed by atoms with van der Waals surface area (Å²) in [5.74, 6) is 5.27. The molecule has 0 unspecified atom stereocenters. The van der Waals surface area contributed by atoms with Gasteiger partial charge in [-0.3, -0.25) is 4.79 Å². The first-order valence-electron chi connectivity index (χ1n) is 6.72. The standard InChI is InChI=1S/C15H22N2O2S/c1-12(2)17(3)9-5-8-16-15(19)14-13(6-4-10-18)7-11-20-14/h7,11-12,18H,5,8-10H2,1-3H3,(H,16,19). The zero-order chi connectivity index (χ0) is 15.0. The second-order valence-corrected chi connectivity index (χ2v) is 5.72. The summed E-state index contributed by atoms with van der Waals surface area (Å²) < 4.78 is 0. The minimum Gasteiger partial charge on any atom is -0.384 e. The molecule has 110 valence electrons. The Morgan fingerprint density at radius 3 is 2.95 bits per heavy atom. The van der Waals surface area contributed by atoms with Crippen molar-refractivity contribution >= 4 is 17.2 Å². The van der Waals surface area contributed by atoms with Crippen molar-refractivity contribution in [2.24, 2.45) is 0 Å². The molecule has 0 atom stereocenters. The Morgan fingerprint density at radius 1 is 1.55 bits per heavy atom. The Labute approximate surface area is 124 Å². The van der Waals surface area contributed by atoms with Gasteiger partial charge < -0.3 is 15.3 Å². The van der Waals surface area contributed by atoms with Crippen molar-refractivity contribution in [1.82, 2.24) is 10.2 Å². The van der Waals surface area contributed by atoms with Crippen LogP contribution >= 0.6 is 11.3 Å². The van der Waals surface area contributed by atoms with Crippen LogP contribution in [0.1, 0.15) is 35.5 Å². The average molecular weight is 294 g/mol. The van der Waals surface area contributed by atoms with Gasteiger partial charge in [0.25, 0.3) is 5.91 Å². The summed E-state index contributed by atoms with van der Waals surface area (Å²) >= 11 is 1.37. The Kier molecular flexibility index (Phi) is 7.31. The maximum Gasteiger partial charge on any atom is 0.262 e. The zero-order valence-corrected chi connectivity index (χ0v) is 13.1. The molecule has 0 radical (unpaired) electrons. The number of carbonyl (C=O) groups excluding carboxylic acids is 1.